The van der Waals surface area contributed by atoms with E-state index in [1.807, 2.05) is 11.8 Å². The fourth-order valence-corrected chi connectivity index (χ4v) is 2.86. The summed E-state index contributed by atoms with van der Waals surface area (Å²) in [6, 6.07) is -0.189. The summed E-state index contributed by atoms with van der Waals surface area (Å²) in [6.45, 7) is 1.13. The second-order valence-electron chi connectivity index (χ2n) is 4.22. The van der Waals surface area contributed by atoms with Crippen LogP contribution in [0.4, 0.5) is 4.79 Å². The van der Waals surface area contributed by atoms with Gasteiger partial charge in [0.25, 0.3) is 0 Å². The molecule has 1 atom stereocenters. The van der Waals surface area contributed by atoms with Crippen molar-refractivity contribution in [1.29, 1.82) is 0 Å². The smallest absolute Gasteiger partial charge is 0.314 e. The van der Waals surface area contributed by atoms with E-state index in [4.69, 9.17) is 5.11 Å². The van der Waals surface area contributed by atoms with E-state index >= 15 is 0 Å². The molecule has 5 nitrogen and oxygen atoms in total. The monoisotopic (exact) mass is 260 g/mol. The minimum Gasteiger partial charge on any atom is -0.481 e. The molecule has 1 rings (SSSR count). The van der Waals surface area contributed by atoms with E-state index in [1.54, 1.807) is 0 Å². The normalized spacial score (nSPS) is 19.6. The Morgan fingerprint density at radius 2 is 2.18 bits per heavy atom. The van der Waals surface area contributed by atoms with Gasteiger partial charge in [0.15, 0.2) is 0 Å². The number of carbonyl (C=O) groups is 2. The number of hydrogen-bond donors (Lipinski definition) is 3. The van der Waals surface area contributed by atoms with Crippen LogP contribution in [0.1, 0.15) is 25.7 Å². The molecule has 6 heteroatoms. The highest BCUT2D eigenvalue weighted by molar-refractivity contribution is 7.99. The number of carboxylic acids is 1. The quantitative estimate of drug-likeness (QED) is 0.629. The number of carbonyl (C=O) groups excluding carboxylic acids is 1. The maximum Gasteiger partial charge on any atom is 0.314 e. The molecule has 0 aliphatic carbocycles. The average Bonchev–Trinajstić information content (AvgIpc) is 2.33. The first-order valence-electron chi connectivity index (χ1n) is 5.99. The Morgan fingerprint density at radius 3 is 2.82 bits per heavy atom. The SMILES string of the molecule is O=C(O)CCCNC(=O)NCC1CCCSC1. The predicted octanol–water partition coefficient (Wildman–Crippen LogP) is 1.29. The average molecular weight is 260 g/mol. The van der Waals surface area contributed by atoms with Gasteiger partial charge in [-0.1, -0.05) is 0 Å². The van der Waals surface area contributed by atoms with E-state index in [0.29, 0.717) is 18.9 Å². The number of aliphatic carboxylic acids is 1. The number of urea groups is 1. The lowest BCUT2D eigenvalue weighted by Crippen LogP contribution is -2.39. The fourth-order valence-electron chi connectivity index (χ4n) is 1.71. The number of thioether (sulfide) groups is 1. The zero-order valence-electron chi connectivity index (χ0n) is 9.91. The van der Waals surface area contributed by atoms with Gasteiger partial charge in [-0.15, -0.1) is 0 Å². The van der Waals surface area contributed by atoms with Crippen LogP contribution in [0, 0.1) is 5.92 Å². The molecule has 1 aliphatic heterocycles. The van der Waals surface area contributed by atoms with E-state index in [0.717, 1.165) is 12.3 Å². The van der Waals surface area contributed by atoms with Crippen LogP contribution in [0.25, 0.3) is 0 Å². The van der Waals surface area contributed by atoms with Gasteiger partial charge in [-0.2, -0.15) is 11.8 Å². The summed E-state index contributed by atoms with van der Waals surface area (Å²) >= 11 is 1.94. The van der Waals surface area contributed by atoms with Gasteiger partial charge in [-0.05, 0) is 36.7 Å². The molecule has 0 spiro atoms. The Bertz CT molecular complexity index is 255. The molecule has 3 N–H and O–H groups in total. The number of rotatable bonds is 6. The van der Waals surface area contributed by atoms with Crippen LogP contribution in [0.5, 0.6) is 0 Å². The first kappa shape index (κ1) is 14.2. The third-order valence-electron chi connectivity index (χ3n) is 2.66. The summed E-state index contributed by atoms with van der Waals surface area (Å²) in [6.07, 6.45) is 2.99. The maximum atomic E-state index is 11.4. The van der Waals surface area contributed by atoms with E-state index < -0.39 is 5.97 Å². The van der Waals surface area contributed by atoms with E-state index in [-0.39, 0.29) is 12.5 Å². The molecule has 1 aliphatic rings. The standard InChI is InChI=1S/C11H20N2O3S/c14-10(15)4-1-5-12-11(16)13-7-9-3-2-6-17-8-9/h9H,1-8H2,(H,14,15)(H2,12,13,16). The Hall–Kier alpha value is -0.910. The number of amides is 2. The predicted molar refractivity (Wildman–Crippen MR) is 68.3 cm³/mol. The topological polar surface area (TPSA) is 78.4 Å². The Kier molecular flexibility index (Phi) is 6.84. The molecule has 0 aromatic carbocycles. The molecule has 0 aromatic heterocycles. The third-order valence-corrected chi connectivity index (χ3v) is 3.94. The zero-order chi connectivity index (χ0) is 12.5. The van der Waals surface area contributed by atoms with Crippen molar-refractivity contribution in [3.05, 3.63) is 0 Å². The van der Waals surface area contributed by atoms with Crippen molar-refractivity contribution >= 4 is 23.8 Å². The van der Waals surface area contributed by atoms with E-state index in [1.165, 1.54) is 18.6 Å². The first-order chi connectivity index (χ1) is 8.18. The van der Waals surface area contributed by atoms with E-state index in [9.17, 15) is 9.59 Å². The summed E-state index contributed by atoms with van der Waals surface area (Å²) in [7, 11) is 0. The van der Waals surface area contributed by atoms with Gasteiger partial charge in [0.1, 0.15) is 0 Å². The second kappa shape index (κ2) is 8.22. The van der Waals surface area contributed by atoms with Gasteiger partial charge < -0.3 is 15.7 Å². The first-order valence-corrected chi connectivity index (χ1v) is 7.15. The summed E-state index contributed by atoms with van der Waals surface area (Å²) in [5.74, 6) is 2.11. The minimum absolute atomic E-state index is 0.0968. The van der Waals surface area contributed by atoms with Crippen molar-refractivity contribution in [2.45, 2.75) is 25.7 Å². The molecule has 1 heterocycles. The molecule has 2 amide bonds. The Morgan fingerprint density at radius 1 is 1.35 bits per heavy atom. The molecule has 17 heavy (non-hydrogen) atoms. The van der Waals surface area contributed by atoms with Crippen LogP contribution in [0.2, 0.25) is 0 Å². The largest absolute Gasteiger partial charge is 0.481 e. The summed E-state index contributed by atoms with van der Waals surface area (Å²) < 4.78 is 0. The van der Waals surface area contributed by atoms with Crippen molar-refractivity contribution < 1.29 is 14.7 Å². The van der Waals surface area contributed by atoms with Gasteiger partial charge in [0, 0.05) is 19.5 Å². The molecular formula is C11H20N2O3S. The van der Waals surface area contributed by atoms with Crippen molar-refractivity contribution in [3.8, 4) is 0 Å². The lowest BCUT2D eigenvalue weighted by Gasteiger charge is -2.21. The molecule has 0 bridgehead atoms. The highest BCUT2D eigenvalue weighted by Crippen LogP contribution is 2.21. The van der Waals surface area contributed by atoms with Gasteiger partial charge >= 0.3 is 12.0 Å². The molecule has 0 aromatic rings. The molecule has 1 fully saturated rings. The molecule has 0 radical (unpaired) electrons. The number of nitrogens with one attached hydrogen (secondary N) is 2. The van der Waals surface area contributed by atoms with Crippen molar-refractivity contribution in [2.75, 3.05) is 24.6 Å². The summed E-state index contributed by atoms with van der Waals surface area (Å²) in [5, 5.41) is 13.9. The van der Waals surface area contributed by atoms with Gasteiger partial charge in [-0.3, -0.25) is 4.79 Å². The molecule has 0 saturated carbocycles. The van der Waals surface area contributed by atoms with Gasteiger partial charge in [0.05, 0.1) is 0 Å². The van der Waals surface area contributed by atoms with Gasteiger partial charge in [0.2, 0.25) is 0 Å². The lowest BCUT2D eigenvalue weighted by molar-refractivity contribution is -0.137. The van der Waals surface area contributed by atoms with Crippen LogP contribution in [-0.4, -0.2) is 41.7 Å². The summed E-state index contributed by atoms with van der Waals surface area (Å²) in [5.41, 5.74) is 0. The van der Waals surface area contributed by atoms with Crippen molar-refractivity contribution in [2.24, 2.45) is 5.92 Å². The van der Waals surface area contributed by atoms with Crippen LogP contribution in [-0.2, 0) is 4.79 Å². The third kappa shape index (κ3) is 7.10. The highest BCUT2D eigenvalue weighted by Gasteiger charge is 2.14. The molecule has 98 valence electrons. The lowest BCUT2D eigenvalue weighted by atomic mass is 10.1. The van der Waals surface area contributed by atoms with Crippen LogP contribution >= 0.6 is 11.8 Å². The van der Waals surface area contributed by atoms with Crippen molar-refractivity contribution in [3.63, 3.8) is 0 Å². The Balaban J connectivity index is 1.98. The van der Waals surface area contributed by atoms with Crippen molar-refractivity contribution in [1.82, 2.24) is 10.6 Å². The number of hydrogen-bond acceptors (Lipinski definition) is 3. The Labute approximate surface area is 106 Å². The van der Waals surface area contributed by atoms with Gasteiger partial charge in [-0.25, -0.2) is 4.79 Å². The second-order valence-corrected chi connectivity index (χ2v) is 5.37. The zero-order valence-corrected chi connectivity index (χ0v) is 10.7. The maximum absolute atomic E-state index is 11.4. The fraction of sp³-hybridized carbons (Fsp3) is 0.818. The minimum atomic E-state index is -0.827. The van der Waals surface area contributed by atoms with Crippen LogP contribution in [0.3, 0.4) is 0 Å². The summed E-state index contributed by atoms with van der Waals surface area (Å²) in [4.78, 5) is 21.6. The highest BCUT2D eigenvalue weighted by atomic mass is 32.2. The van der Waals surface area contributed by atoms with Crippen LogP contribution < -0.4 is 10.6 Å². The van der Waals surface area contributed by atoms with E-state index in [2.05, 4.69) is 10.6 Å². The number of carboxylic acid groups (broad SMARTS) is 1. The molecular weight excluding hydrogens is 240 g/mol. The molecule has 1 saturated heterocycles. The molecule has 1 unspecified atom stereocenters. The van der Waals surface area contributed by atoms with Crippen LogP contribution in [0.15, 0.2) is 0 Å².